The maximum atomic E-state index is 3.48. The average molecular weight is 252 g/mol. The molecule has 1 aliphatic heterocycles. The molecular weight excluding hydrogens is 220 g/mol. The van der Waals surface area contributed by atoms with Crippen molar-refractivity contribution in [3.05, 3.63) is 0 Å². The van der Waals surface area contributed by atoms with E-state index in [9.17, 15) is 0 Å². The molecule has 0 bridgehead atoms. The molecule has 0 spiro atoms. The van der Waals surface area contributed by atoms with Crippen LogP contribution in [0.5, 0.6) is 0 Å². The molecule has 3 unspecified atom stereocenters. The first kappa shape index (κ1) is 14.3. The second kappa shape index (κ2) is 6.91. The van der Waals surface area contributed by atoms with Crippen LogP contribution in [0.3, 0.4) is 0 Å². The van der Waals surface area contributed by atoms with E-state index in [4.69, 9.17) is 0 Å². The molecule has 1 aliphatic carbocycles. The maximum Gasteiger partial charge on any atom is 0.00979 e. The fraction of sp³-hybridized carbons (Fsp3) is 1.00. The maximum absolute atomic E-state index is 3.48. The van der Waals surface area contributed by atoms with E-state index >= 15 is 0 Å². The first-order valence-electron chi connectivity index (χ1n) is 8.15. The fourth-order valence-electron chi connectivity index (χ4n) is 3.78. The summed E-state index contributed by atoms with van der Waals surface area (Å²) in [4.78, 5) is 2.79. The van der Waals surface area contributed by atoms with Crippen LogP contribution in [0.15, 0.2) is 0 Å². The molecule has 3 atom stereocenters. The average Bonchev–Trinajstić information content (AvgIpc) is 2.40. The number of hydrogen-bond donors (Lipinski definition) is 1. The van der Waals surface area contributed by atoms with Crippen LogP contribution in [0.25, 0.3) is 0 Å². The Labute approximate surface area is 114 Å². The van der Waals surface area contributed by atoms with Crippen molar-refractivity contribution >= 4 is 0 Å². The normalized spacial score (nSPS) is 35.0. The van der Waals surface area contributed by atoms with Gasteiger partial charge in [0.1, 0.15) is 0 Å². The Hall–Kier alpha value is -0.0800. The molecule has 1 saturated heterocycles. The largest absolute Gasteiger partial charge is 0.317 e. The lowest BCUT2D eigenvalue weighted by Gasteiger charge is -2.40. The quantitative estimate of drug-likeness (QED) is 0.827. The lowest BCUT2D eigenvalue weighted by atomic mass is 9.78. The van der Waals surface area contributed by atoms with Crippen LogP contribution in [0.1, 0.15) is 52.9 Å². The number of hydrogen-bond acceptors (Lipinski definition) is 2. The summed E-state index contributed by atoms with van der Waals surface area (Å²) >= 11 is 0. The first-order valence-corrected chi connectivity index (χ1v) is 8.15. The summed E-state index contributed by atoms with van der Waals surface area (Å²) in [5.74, 6) is 2.81. The van der Waals surface area contributed by atoms with Gasteiger partial charge in [-0.3, -0.25) is 0 Å². The predicted octanol–water partition coefficient (Wildman–Crippen LogP) is 3.13. The Morgan fingerprint density at radius 1 is 1.00 bits per heavy atom. The van der Waals surface area contributed by atoms with Crippen LogP contribution < -0.4 is 5.32 Å². The molecule has 1 N–H and O–H groups in total. The van der Waals surface area contributed by atoms with Crippen molar-refractivity contribution in [2.75, 3.05) is 26.2 Å². The van der Waals surface area contributed by atoms with E-state index in [2.05, 4.69) is 31.0 Å². The molecule has 2 rings (SSSR count). The molecule has 1 heterocycles. The molecule has 2 heteroatoms. The molecule has 0 aromatic heterocycles. The minimum Gasteiger partial charge on any atom is -0.317 e. The minimum atomic E-state index is 0.871. The van der Waals surface area contributed by atoms with Gasteiger partial charge in [-0.2, -0.15) is 0 Å². The monoisotopic (exact) mass is 252 g/mol. The van der Waals surface area contributed by atoms with Gasteiger partial charge in [-0.1, -0.05) is 20.8 Å². The highest BCUT2D eigenvalue weighted by molar-refractivity contribution is 4.83. The van der Waals surface area contributed by atoms with Crippen LogP contribution in [-0.4, -0.2) is 37.1 Å². The van der Waals surface area contributed by atoms with Crippen LogP contribution in [0, 0.1) is 17.8 Å². The zero-order valence-corrected chi connectivity index (χ0v) is 12.6. The molecular formula is C16H32N2. The summed E-state index contributed by atoms with van der Waals surface area (Å²) in [6.07, 6.45) is 7.07. The molecule has 2 fully saturated rings. The molecule has 106 valence electrons. The highest BCUT2D eigenvalue weighted by Gasteiger charge is 2.29. The molecule has 0 aromatic rings. The van der Waals surface area contributed by atoms with Gasteiger partial charge in [-0.25, -0.2) is 0 Å². The molecule has 1 saturated carbocycles. The molecule has 2 nitrogen and oxygen atoms in total. The summed E-state index contributed by atoms with van der Waals surface area (Å²) in [5.41, 5.74) is 0. The second-order valence-electron chi connectivity index (χ2n) is 6.70. The van der Waals surface area contributed by atoms with Crippen molar-refractivity contribution in [3.8, 4) is 0 Å². The molecule has 0 amide bonds. The van der Waals surface area contributed by atoms with Gasteiger partial charge in [0.2, 0.25) is 0 Å². The van der Waals surface area contributed by atoms with Crippen molar-refractivity contribution in [1.82, 2.24) is 10.2 Å². The standard InChI is InChI=1S/C16H32N2/c1-4-18(12-15-7-9-17-10-8-15)16-6-5-13(2)14(3)11-16/h13-17H,4-12H2,1-3H3. The zero-order chi connectivity index (χ0) is 13.0. The molecule has 0 aromatic carbocycles. The van der Waals surface area contributed by atoms with E-state index < -0.39 is 0 Å². The third-order valence-corrected chi connectivity index (χ3v) is 5.44. The van der Waals surface area contributed by atoms with Crippen molar-refractivity contribution in [2.24, 2.45) is 17.8 Å². The number of nitrogens with zero attached hydrogens (tertiary/aromatic N) is 1. The summed E-state index contributed by atoms with van der Waals surface area (Å²) in [6.45, 7) is 12.3. The SMILES string of the molecule is CCN(CC1CCNCC1)C1CCC(C)C(C)C1. The summed E-state index contributed by atoms with van der Waals surface area (Å²) in [5, 5.41) is 3.48. The van der Waals surface area contributed by atoms with Gasteiger partial charge >= 0.3 is 0 Å². The highest BCUT2D eigenvalue weighted by Crippen LogP contribution is 2.32. The zero-order valence-electron chi connectivity index (χ0n) is 12.6. The Morgan fingerprint density at radius 2 is 1.72 bits per heavy atom. The summed E-state index contributed by atoms with van der Waals surface area (Å²) in [6, 6.07) is 0.871. The Morgan fingerprint density at radius 3 is 2.33 bits per heavy atom. The molecule has 2 aliphatic rings. The smallest absolute Gasteiger partial charge is 0.00979 e. The van der Waals surface area contributed by atoms with Gasteiger partial charge in [-0.15, -0.1) is 0 Å². The van der Waals surface area contributed by atoms with Crippen molar-refractivity contribution < 1.29 is 0 Å². The van der Waals surface area contributed by atoms with Gasteiger partial charge in [0, 0.05) is 12.6 Å². The minimum absolute atomic E-state index is 0.871. The van der Waals surface area contributed by atoms with Gasteiger partial charge in [0.05, 0.1) is 0 Å². The predicted molar refractivity (Wildman–Crippen MR) is 78.8 cm³/mol. The fourth-order valence-corrected chi connectivity index (χ4v) is 3.78. The van der Waals surface area contributed by atoms with Crippen molar-refractivity contribution in [1.29, 1.82) is 0 Å². The van der Waals surface area contributed by atoms with Crippen molar-refractivity contribution in [2.45, 2.75) is 58.9 Å². The third kappa shape index (κ3) is 3.71. The lowest BCUT2D eigenvalue weighted by Crippen LogP contribution is -2.44. The van der Waals surface area contributed by atoms with Crippen LogP contribution in [0.2, 0.25) is 0 Å². The van der Waals surface area contributed by atoms with Gasteiger partial charge in [0.25, 0.3) is 0 Å². The van der Waals surface area contributed by atoms with Gasteiger partial charge in [-0.05, 0) is 69.5 Å². The lowest BCUT2D eigenvalue weighted by molar-refractivity contribution is 0.0925. The van der Waals surface area contributed by atoms with E-state index in [-0.39, 0.29) is 0 Å². The summed E-state index contributed by atoms with van der Waals surface area (Å²) in [7, 11) is 0. The van der Waals surface area contributed by atoms with E-state index in [1.54, 1.807) is 0 Å². The van der Waals surface area contributed by atoms with Crippen LogP contribution in [0.4, 0.5) is 0 Å². The van der Waals surface area contributed by atoms with Crippen LogP contribution in [-0.2, 0) is 0 Å². The van der Waals surface area contributed by atoms with Crippen LogP contribution >= 0.6 is 0 Å². The molecule has 0 radical (unpaired) electrons. The topological polar surface area (TPSA) is 15.3 Å². The van der Waals surface area contributed by atoms with Gasteiger partial charge < -0.3 is 10.2 Å². The Balaban J connectivity index is 1.83. The van der Waals surface area contributed by atoms with Crippen molar-refractivity contribution in [3.63, 3.8) is 0 Å². The highest BCUT2D eigenvalue weighted by atomic mass is 15.2. The Bertz CT molecular complexity index is 235. The van der Waals surface area contributed by atoms with E-state index in [0.29, 0.717) is 0 Å². The second-order valence-corrected chi connectivity index (χ2v) is 6.70. The molecule has 18 heavy (non-hydrogen) atoms. The third-order valence-electron chi connectivity index (χ3n) is 5.44. The number of nitrogens with one attached hydrogen (secondary N) is 1. The van der Waals surface area contributed by atoms with E-state index in [1.807, 2.05) is 0 Å². The number of piperidine rings is 1. The van der Waals surface area contributed by atoms with E-state index in [1.165, 1.54) is 58.3 Å². The summed E-state index contributed by atoms with van der Waals surface area (Å²) < 4.78 is 0. The number of rotatable bonds is 4. The van der Waals surface area contributed by atoms with Gasteiger partial charge in [0.15, 0.2) is 0 Å². The Kier molecular flexibility index (Phi) is 5.50. The van der Waals surface area contributed by atoms with E-state index in [0.717, 1.165) is 23.8 Å². The first-order chi connectivity index (χ1) is 8.70.